The first-order chi connectivity index (χ1) is 8.00. The van der Waals surface area contributed by atoms with E-state index in [9.17, 15) is 4.79 Å². The molecule has 1 saturated carbocycles. The lowest BCUT2D eigenvalue weighted by Gasteiger charge is -2.24. The number of hydrogen-bond donors (Lipinski definition) is 0. The van der Waals surface area contributed by atoms with Crippen LogP contribution < -0.4 is 0 Å². The van der Waals surface area contributed by atoms with Gasteiger partial charge in [0.05, 0.1) is 25.7 Å². The molecule has 0 saturated heterocycles. The minimum absolute atomic E-state index is 0.0525. The molecule has 0 aromatic heterocycles. The highest BCUT2D eigenvalue weighted by Crippen LogP contribution is 2.39. The monoisotopic (exact) mass is 310 g/mol. The highest BCUT2D eigenvalue weighted by atomic mass is 35.5. The molecule has 1 fully saturated rings. The van der Waals surface area contributed by atoms with Gasteiger partial charge in [-0.05, 0) is 12.0 Å². The van der Waals surface area contributed by atoms with E-state index >= 15 is 0 Å². The van der Waals surface area contributed by atoms with E-state index in [1.165, 1.54) is 12.5 Å². The van der Waals surface area contributed by atoms with Crippen molar-refractivity contribution in [3.63, 3.8) is 0 Å². The Labute approximate surface area is 120 Å². The Balaban J connectivity index is 2.30. The standard InChI is InChI=1S/C12H10Cl4O/c13-7-5-8(14)11(15)12(16)10(7)9(17)4-6-2-1-3-6/h5-6H,1-4H2. The average molecular weight is 312 g/mol. The molecule has 1 aliphatic rings. The van der Waals surface area contributed by atoms with Crippen LogP contribution in [0.2, 0.25) is 20.1 Å². The van der Waals surface area contributed by atoms with E-state index in [0.29, 0.717) is 17.9 Å². The van der Waals surface area contributed by atoms with Crippen LogP contribution in [0.15, 0.2) is 6.07 Å². The van der Waals surface area contributed by atoms with Crippen molar-refractivity contribution in [2.75, 3.05) is 0 Å². The first-order valence-electron chi connectivity index (χ1n) is 5.37. The van der Waals surface area contributed by atoms with Crippen molar-refractivity contribution < 1.29 is 4.79 Å². The number of ketones is 1. The van der Waals surface area contributed by atoms with E-state index in [-0.39, 0.29) is 25.9 Å². The quantitative estimate of drug-likeness (QED) is 0.399. The summed E-state index contributed by atoms with van der Waals surface area (Å²) in [6.07, 6.45) is 3.88. The smallest absolute Gasteiger partial charge is 0.166 e. The lowest BCUT2D eigenvalue weighted by molar-refractivity contribution is 0.0937. The molecule has 0 amide bonds. The zero-order valence-electron chi connectivity index (χ0n) is 8.90. The fourth-order valence-corrected chi connectivity index (χ4v) is 3.01. The van der Waals surface area contributed by atoms with E-state index in [0.717, 1.165) is 12.8 Å². The minimum Gasteiger partial charge on any atom is -0.294 e. The molecule has 0 radical (unpaired) electrons. The van der Waals surface area contributed by atoms with Crippen LogP contribution in [0.4, 0.5) is 0 Å². The van der Waals surface area contributed by atoms with Gasteiger partial charge in [-0.3, -0.25) is 4.79 Å². The van der Waals surface area contributed by atoms with E-state index < -0.39 is 0 Å². The van der Waals surface area contributed by atoms with E-state index in [4.69, 9.17) is 46.4 Å². The van der Waals surface area contributed by atoms with Gasteiger partial charge < -0.3 is 0 Å². The molecular formula is C12H10Cl4O. The van der Waals surface area contributed by atoms with Crippen LogP contribution in [0.1, 0.15) is 36.0 Å². The third-order valence-corrected chi connectivity index (χ3v) is 4.65. The molecule has 0 spiro atoms. The van der Waals surface area contributed by atoms with Crippen molar-refractivity contribution >= 4 is 52.2 Å². The van der Waals surface area contributed by atoms with Crippen LogP contribution in [0.25, 0.3) is 0 Å². The van der Waals surface area contributed by atoms with Gasteiger partial charge in [0.15, 0.2) is 5.78 Å². The maximum absolute atomic E-state index is 12.1. The van der Waals surface area contributed by atoms with E-state index in [1.807, 2.05) is 0 Å². The summed E-state index contributed by atoms with van der Waals surface area (Å²) >= 11 is 23.8. The van der Waals surface area contributed by atoms with Crippen molar-refractivity contribution in [1.82, 2.24) is 0 Å². The second-order valence-corrected chi connectivity index (χ2v) is 5.84. The fourth-order valence-electron chi connectivity index (χ4n) is 1.88. The van der Waals surface area contributed by atoms with Crippen LogP contribution in [-0.2, 0) is 0 Å². The highest BCUT2D eigenvalue weighted by Gasteiger charge is 2.25. The number of carbonyl (C=O) groups excluding carboxylic acids is 1. The van der Waals surface area contributed by atoms with Crippen molar-refractivity contribution in [1.29, 1.82) is 0 Å². The first-order valence-corrected chi connectivity index (χ1v) is 6.88. The molecule has 0 unspecified atom stereocenters. The van der Waals surface area contributed by atoms with Gasteiger partial charge in [-0.25, -0.2) is 0 Å². The highest BCUT2D eigenvalue weighted by molar-refractivity contribution is 6.51. The summed E-state index contributed by atoms with van der Waals surface area (Å²) in [5.41, 5.74) is 0.301. The van der Waals surface area contributed by atoms with Gasteiger partial charge in [0.25, 0.3) is 0 Å². The predicted octanol–water partition coefficient (Wildman–Crippen LogP) is 5.67. The number of carbonyl (C=O) groups is 1. The summed E-state index contributed by atoms with van der Waals surface area (Å²) in [7, 11) is 0. The fraction of sp³-hybridized carbons (Fsp3) is 0.417. The molecule has 0 N–H and O–H groups in total. The van der Waals surface area contributed by atoms with Crippen molar-refractivity contribution in [3.05, 3.63) is 31.7 Å². The van der Waals surface area contributed by atoms with Gasteiger partial charge in [-0.15, -0.1) is 0 Å². The summed E-state index contributed by atoms with van der Waals surface area (Å²) in [6.45, 7) is 0. The Hall–Kier alpha value is 0.0500. The number of Topliss-reactive ketones (excluding diaryl/α,β-unsaturated/α-hetero) is 1. The van der Waals surface area contributed by atoms with Crippen LogP contribution in [0.3, 0.4) is 0 Å². The Morgan fingerprint density at radius 2 is 1.76 bits per heavy atom. The summed E-state index contributed by atoms with van der Waals surface area (Å²) in [5.74, 6) is 0.410. The lowest BCUT2D eigenvalue weighted by Crippen LogP contribution is -2.16. The maximum Gasteiger partial charge on any atom is 0.166 e. The van der Waals surface area contributed by atoms with E-state index in [2.05, 4.69) is 0 Å². The second kappa shape index (κ2) is 5.36. The van der Waals surface area contributed by atoms with Gasteiger partial charge in [0.1, 0.15) is 0 Å². The molecule has 0 heterocycles. The van der Waals surface area contributed by atoms with Gasteiger partial charge in [-0.1, -0.05) is 65.7 Å². The van der Waals surface area contributed by atoms with Gasteiger partial charge in [-0.2, -0.15) is 0 Å². The Morgan fingerprint density at radius 1 is 1.12 bits per heavy atom. The van der Waals surface area contributed by atoms with E-state index in [1.54, 1.807) is 0 Å². The molecule has 5 heteroatoms. The molecular weight excluding hydrogens is 302 g/mol. The third-order valence-electron chi connectivity index (χ3n) is 3.09. The minimum atomic E-state index is -0.0525. The van der Waals surface area contributed by atoms with Crippen LogP contribution in [0, 0.1) is 5.92 Å². The molecule has 0 bridgehead atoms. The maximum atomic E-state index is 12.1. The Morgan fingerprint density at radius 3 is 2.29 bits per heavy atom. The van der Waals surface area contributed by atoms with Crippen LogP contribution in [0.5, 0.6) is 0 Å². The van der Waals surface area contributed by atoms with Crippen LogP contribution >= 0.6 is 46.4 Å². The van der Waals surface area contributed by atoms with Crippen LogP contribution in [-0.4, -0.2) is 5.78 Å². The molecule has 1 aromatic carbocycles. The molecule has 1 aromatic rings. The molecule has 1 nitrogen and oxygen atoms in total. The molecule has 17 heavy (non-hydrogen) atoms. The zero-order chi connectivity index (χ0) is 12.6. The largest absolute Gasteiger partial charge is 0.294 e. The Bertz CT molecular complexity index is 466. The summed E-state index contributed by atoms with van der Waals surface area (Å²) in [6, 6.07) is 1.46. The van der Waals surface area contributed by atoms with Crippen molar-refractivity contribution in [2.24, 2.45) is 5.92 Å². The zero-order valence-corrected chi connectivity index (χ0v) is 11.9. The summed E-state index contributed by atoms with van der Waals surface area (Å²) in [4.78, 5) is 12.1. The molecule has 92 valence electrons. The van der Waals surface area contributed by atoms with Gasteiger partial charge >= 0.3 is 0 Å². The number of rotatable bonds is 3. The van der Waals surface area contributed by atoms with Gasteiger partial charge in [0.2, 0.25) is 0 Å². The molecule has 1 aliphatic carbocycles. The number of halogens is 4. The summed E-state index contributed by atoms with van der Waals surface area (Å²) < 4.78 is 0. The van der Waals surface area contributed by atoms with Crippen molar-refractivity contribution in [3.8, 4) is 0 Å². The van der Waals surface area contributed by atoms with Gasteiger partial charge in [0, 0.05) is 6.42 Å². The SMILES string of the molecule is O=C(CC1CCC1)c1c(Cl)cc(Cl)c(Cl)c1Cl. The lowest BCUT2D eigenvalue weighted by atomic mass is 9.81. The Kier molecular flexibility index (Phi) is 4.25. The molecule has 0 atom stereocenters. The third kappa shape index (κ3) is 2.73. The average Bonchev–Trinajstić information content (AvgIpc) is 2.20. The number of benzene rings is 1. The second-order valence-electron chi connectivity index (χ2n) is 4.27. The van der Waals surface area contributed by atoms with Crippen molar-refractivity contribution in [2.45, 2.75) is 25.7 Å². The topological polar surface area (TPSA) is 17.1 Å². The summed E-state index contributed by atoms with van der Waals surface area (Å²) in [5, 5.41) is 0.888. The normalized spacial score (nSPS) is 15.8. The number of hydrogen-bond acceptors (Lipinski definition) is 1. The molecule has 2 rings (SSSR count). The first kappa shape index (κ1) is 13.5. The molecule has 0 aliphatic heterocycles. The predicted molar refractivity (Wildman–Crippen MR) is 72.8 cm³/mol.